The molecule has 3 heteroatoms. The highest BCUT2D eigenvalue weighted by atomic mass is 16.3. The Kier molecular flexibility index (Phi) is 3.31. The van der Waals surface area contributed by atoms with Crippen LogP contribution in [0.15, 0.2) is 53.7 Å². The van der Waals surface area contributed by atoms with Crippen molar-refractivity contribution in [3.63, 3.8) is 0 Å². The second-order valence-corrected chi connectivity index (χ2v) is 3.61. The molecule has 0 aliphatic rings. The number of aromatic hydroxyl groups is 1. The van der Waals surface area contributed by atoms with E-state index in [4.69, 9.17) is 5.11 Å². The predicted octanol–water partition coefficient (Wildman–Crippen LogP) is 3.96. The molecule has 0 fully saturated rings. The third kappa shape index (κ3) is 3.01. The van der Waals surface area contributed by atoms with Crippen LogP contribution in [0.2, 0.25) is 0 Å². The molecule has 0 radical (unpaired) electrons. The summed E-state index contributed by atoms with van der Waals surface area (Å²) in [6, 6.07) is 13.9. The number of nitrogens with zero attached hydrogens (tertiary/aromatic N) is 1. The molecular weight excluding hydrogens is 214 g/mol. The average Bonchev–Trinajstić information content (AvgIpc) is 2.39. The van der Waals surface area contributed by atoms with Gasteiger partial charge in [-0.25, -0.2) is 0 Å². The van der Waals surface area contributed by atoms with Gasteiger partial charge in [-0.05, 0) is 40.6 Å². The highest BCUT2D eigenvalue weighted by Gasteiger charge is 1.91. The number of nitroso groups, excluding NO2 is 1. The van der Waals surface area contributed by atoms with Crippen molar-refractivity contribution in [3.8, 4) is 5.75 Å². The van der Waals surface area contributed by atoms with Crippen LogP contribution in [0.4, 0.5) is 5.69 Å². The van der Waals surface area contributed by atoms with Crippen LogP contribution < -0.4 is 0 Å². The Balaban J connectivity index is 2.14. The van der Waals surface area contributed by atoms with E-state index in [0.717, 1.165) is 11.1 Å². The van der Waals surface area contributed by atoms with Crippen molar-refractivity contribution in [1.29, 1.82) is 0 Å². The molecule has 0 saturated heterocycles. The molecule has 0 heterocycles. The minimum Gasteiger partial charge on any atom is -0.508 e. The minimum atomic E-state index is 0.253. The van der Waals surface area contributed by atoms with Crippen molar-refractivity contribution < 1.29 is 5.11 Å². The first kappa shape index (κ1) is 11.1. The fourth-order valence-corrected chi connectivity index (χ4v) is 1.42. The average molecular weight is 225 g/mol. The molecule has 1 N–H and O–H groups in total. The SMILES string of the molecule is O=Nc1ccc(C=Cc2ccc(O)cc2)cc1. The van der Waals surface area contributed by atoms with Crippen LogP contribution in [0.25, 0.3) is 12.2 Å². The van der Waals surface area contributed by atoms with Crippen LogP contribution in [0, 0.1) is 4.91 Å². The van der Waals surface area contributed by atoms with Gasteiger partial charge < -0.3 is 5.11 Å². The molecule has 0 bridgehead atoms. The molecule has 17 heavy (non-hydrogen) atoms. The van der Waals surface area contributed by atoms with Crippen LogP contribution in [-0.2, 0) is 0 Å². The Labute approximate surface area is 99.0 Å². The number of benzene rings is 2. The number of hydrogen-bond acceptors (Lipinski definition) is 3. The van der Waals surface area contributed by atoms with Gasteiger partial charge in [-0.3, -0.25) is 0 Å². The summed E-state index contributed by atoms with van der Waals surface area (Å²) in [7, 11) is 0. The van der Waals surface area contributed by atoms with Crippen molar-refractivity contribution >= 4 is 17.8 Å². The maximum absolute atomic E-state index is 10.2. The topological polar surface area (TPSA) is 49.7 Å². The zero-order valence-electron chi connectivity index (χ0n) is 9.08. The molecule has 0 aromatic heterocycles. The molecule has 0 aliphatic carbocycles. The number of phenolic OH excluding ortho intramolecular Hbond substituents is 1. The lowest BCUT2D eigenvalue weighted by atomic mass is 10.1. The van der Waals surface area contributed by atoms with Crippen molar-refractivity contribution in [3.05, 3.63) is 64.6 Å². The Morgan fingerprint density at radius 3 is 1.76 bits per heavy atom. The molecule has 2 rings (SSSR count). The molecule has 3 nitrogen and oxygen atoms in total. The molecule has 2 aromatic rings. The molecule has 2 aromatic carbocycles. The quantitative estimate of drug-likeness (QED) is 0.634. The van der Waals surface area contributed by atoms with Gasteiger partial charge in [0.25, 0.3) is 0 Å². The van der Waals surface area contributed by atoms with E-state index < -0.39 is 0 Å². The predicted molar refractivity (Wildman–Crippen MR) is 68.9 cm³/mol. The molecule has 0 saturated carbocycles. The van der Waals surface area contributed by atoms with E-state index in [1.165, 1.54) is 0 Å². The molecule has 0 spiro atoms. The number of phenols is 1. The van der Waals surface area contributed by atoms with Gasteiger partial charge in [0.2, 0.25) is 0 Å². The molecule has 84 valence electrons. The van der Waals surface area contributed by atoms with Gasteiger partial charge >= 0.3 is 0 Å². The van der Waals surface area contributed by atoms with Crippen LogP contribution in [0.3, 0.4) is 0 Å². The van der Waals surface area contributed by atoms with E-state index in [-0.39, 0.29) is 5.75 Å². The van der Waals surface area contributed by atoms with Crippen molar-refractivity contribution in [2.24, 2.45) is 5.18 Å². The molecule has 0 unspecified atom stereocenters. The standard InChI is InChI=1S/C14H11NO2/c16-14-9-5-12(6-10-14)2-1-11-3-7-13(15-17)8-4-11/h1-10,16H. The van der Waals surface area contributed by atoms with Crippen LogP contribution in [-0.4, -0.2) is 5.11 Å². The van der Waals surface area contributed by atoms with E-state index in [1.54, 1.807) is 24.3 Å². The Bertz CT molecular complexity index is 527. The van der Waals surface area contributed by atoms with Crippen molar-refractivity contribution in [1.82, 2.24) is 0 Å². The Morgan fingerprint density at radius 1 is 0.824 bits per heavy atom. The van der Waals surface area contributed by atoms with Crippen LogP contribution >= 0.6 is 0 Å². The van der Waals surface area contributed by atoms with Gasteiger partial charge in [0.15, 0.2) is 0 Å². The van der Waals surface area contributed by atoms with Gasteiger partial charge in [-0.15, -0.1) is 4.91 Å². The van der Waals surface area contributed by atoms with Gasteiger partial charge in [-0.2, -0.15) is 0 Å². The van der Waals surface area contributed by atoms with E-state index >= 15 is 0 Å². The summed E-state index contributed by atoms with van der Waals surface area (Å²) in [4.78, 5) is 10.2. The summed E-state index contributed by atoms with van der Waals surface area (Å²) in [5.74, 6) is 0.253. The molecule has 0 amide bonds. The monoisotopic (exact) mass is 225 g/mol. The van der Waals surface area contributed by atoms with Gasteiger partial charge in [0.05, 0.1) is 0 Å². The lowest BCUT2D eigenvalue weighted by Gasteiger charge is -1.95. The maximum Gasteiger partial charge on any atom is 0.115 e. The van der Waals surface area contributed by atoms with E-state index in [9.17, 15) is 4.91 Å². The van der Waals surface area contributed by atoms with Gasteiger partial charge in [-0.1, -0.05) is 36.4 Å². The van der Waals surface area contributed by atoms with Crippen LogP contribution in [0.5, 0.6) is 5.75 Å². The van der Waals surface area contributed by atoms with Gasteiger partial charge in [0, 0.05) is 0 Å². The number of hydrogen-bond donors (Lipinski definition) is 1. The highest BCUT2D eigenvalue weighted by molar-refractivity contribution is 5.70. The van der Waals surface area contributed by atoms with Crippen molar-refractivity contribution in [2.75, 3.05) is 0 Å². The lowest BCUT2D eigenvalue weighted by molar-refractivity contribution is 0.475. The smallest absolute Gasteiger partial charge is 0.115 e. The highest BCUT2D eigenvalue weighted by Crippen LogP contribution is 2.15. The maximum atomic E-state index is 10.2. The molecule has 0 atom stereocenters. The zero-order chi connectivity index (χ0) is 12.1. The summed E-state index contributed by atoms with van der Waals surface area (Å²) in [5, 5.41) is 12.0. The molecular formula is C14H11NO2. The summed E-state index contributed by atoms with van der Waals surface area (Å²) in [6.45, 7) is 0. The fraction of sp³-hybridized carbons (Fsp3) is 0. The van der Waals surface area contributed by atoms with Crippen LogP contribution in [0.1, 0.15) is 11.1 Å². The minimum absolute atomic E-state index is 0.253. The zero-order valence-corrected chi connectivity index (χ0v) is 9.08. The summed E-state index contributed by atoms with van der Waals surface area (Å²) >= 11 is 0. The first-order chi connectivity index (χ1) is 8.28. The summed E-state index contributed by atoms with van der Waals surface area (Å²) in [6.07, 6.45) is 3.86. The first-order valence-corrected chi connectivity index (χ1v) is 5.18. The third-order valence-corrected chi connectivity index (χ3v) is 2.36. The van der Waals surface area contributed by atoms with E-state index in [0.29, 0.717) is 5.69 Å². The molecule has 0 aliphatic heterocycles. The van der Waals surface area contributed by atoms with E-state index in [1.807, 2.05) is 36.4 Å². The van der Waals surface area contributed by atoms with Crippen molar-refractivity contribution in [2.45, 2.75) is 0 Å². The number of rotatable bonds is 3. The normalized spacial score (nSPS) is 10.6. The summed E-state index contributed by atoms with van der Waals surface area (Å²) in [5.41, 5.74) is 2.41. The summed E-state index contributed by atoms with van der Waals surface area (Å²) < 4.78 is 0. The second kappa shape index (κ2) is 5.07. The Hall–Kier alpha value is -2.42. The Morgan fingerprint density at radius 2 is 1.29 bits per heavy atom. The largest absolute Gasteiger partial charge is 0.508 e. The fourth-order valence-electron chi connectivity index (χ4n) is 1.42. The van der Waals surface area contributed by atoms with Gasteiger partial charge in [0.1, 0.15) is 11.4 Å². The first-order valence-electron chi connectivity index (χ1n) is 5.18. The third-order valence-electron chi connectivity index (χ3n) is 2.36. The second-order valence-electron chi connectivity index (χ2n) is 3.61. The van der Waals surface area contributed by atoms with E-state index in [2.05, 4.69) is 5.18 Å². The lowest BCUT2D eigenvalue weighted by Crippen LogP contribution is -1.72.